The highest BCUT2D eigenvalue weighted by atomic mass is 35.5. The van der Waals surface area contributed by atoms with Crippen molar-refractivity contribution in [3.63, 3.8) is 0 Å². The first-order valence-corrected chi connectivity index (χ1v) is 13.0. The number of hydrogen-bond donors (Lipinski definition) is 4. The van der Waals surface area contributed by atoms with Gasteiger partial charge < -0.3 is 25.6 Å². The van der Waals surface area contributed by atoms with Crippen molar-refractivity contribution >= 4 is 28.9 Å². The van der Waals surface area contributed by atoms with Crippen LogP contribution in [0.15, 0.2) is 95.9 Å². The summed E-state index contributed by atoms with van der Waals surface area (Å²) in [6.07, 6.45) is 0.210. The third-order valence-corrected chi connectivity index (χ3v) is 7.14. The minimum absolute atomic E-state index is 0.00689. The number of aliphatic hydroxyl groups is 2. The van der Waals surface area contributed by atoms with Crippen molar-refractivity contribution in [2.24, 2.45) is 17.8 Å². The first kappa shape index (κ1) is 27.4. The molecule has 0 aliphatic heterocycles. The Morgan fingerprint density at radius 3 is 2.48 bits per heavy atom. The molecule has 0 saturated heterocycles. The van der Waals surface area contributed by atoms with Crippen LogP contribution in [-0.2, 0) is 11.4 Å². The lowest BCUT2D eigenvalue weighted by molar-refractivity contribution is -0.118. The number of nitrogens with zero attached hydrogens (tertiary/aromatic N) is 1. The molecular weight excluding hydrogens is 537 g/mol. The Morgan fingerprint density at radius 2 is 1.80 bits per heavy atom. The highest BCUT2D eigenvalue weighted by Crippen LogP contribution is 2.49. The lowest BCUT2D eigenvalue weighted by atomic mass is 10.2. The van der Waals surface area contributed by atoms with Crippen LogP contribution in [-0.4, -0.2) is 33.5 Å². The number of anilines is 2. The summed E-state index contributed by atoms with van der Waals surface area (Å²) in [4.78, 5) is 25.4. The molecule has 4 N–H and O–H groups in total. The number of amides is 1. The number of benzene rings is 3. The molecule has 1 fully saturated rings. The van der Waals surface area contributed by atoms with Crippen molar-refractivity contribution in [1.29, 1.82) is 0 Å². The zero-order chi connectivity index (χ0) is 28.2. The lowest BCUT2D eigenvalue weighted by Gasteiger charge is -2.16. The van der Waals surface area contributed by atoms with Crippen LogP contribution in [0.1, 0.15) is 5.56 Å². The fraction of sp³-hybridized carbons (Fsp3) is 0.200. The summed E-state index contributed by atoms with van der Waals surface area (Å²) in [6.45, 7) is 0.000890. The summed E-state index contributed by atoms with van der Waals surface area (Å²) < 4.78 is 22.0. The molecule has 1 heterocycles. The van der Waals surface area contributed by atoms with Crippen molar-refractivity contribution in [3.8, 4) is 11.4 Å². The number of carbonyl (C=O) groups excluding carboxylic acids is 1. The maximum atomic E-state index is 15.0. The standard InChI is InChI=1S/C30H27ClFN3O5/c31-19-6-8-20(9-7-19)33-29(38)27-23(16-36)28(27)30(39)34-25-11-10-21(14-24(25)32)35-13-12-22(15-26(35)37)40-17-18-4-2-1-3-5-18/h1-15,23,27-28,30,34,36,39H,16-17H2,(H,33,38)/t23-,27-,28+,30?/m0/s1. The molecule has 1 aromatic heterocycles. The molecule has 1 aliphatic rings. The van der Waals surface area contributed by atoms with Crippen molar-refractivity contribution in [2.75, 3.05) is 17.2 Å². The topological polar surface area (TPSA) is 113 Å². The second-order valence-corrected chi connectivity index (χ2v) is 9.98. The van der Waals surface area contributed by atoms with Gasteiger partial charge in [0.2, 0.25) is 5.91 Å². The van der Waals surface area contributed by atoms with E-state index >= 15 is 4.39 Å². The van der Waals surface area contributed by atoms with Crippen LogP contribution in [0.25, 0.3) is 5.69 Å². The minimum atomic E-state index is -1.29. The maximum Gasteiger partial charge on any atom is 0.258 e. The second-order valence-electron chi connectivity index (χ2n) is 9.54. The van der Waals surface area contributed by atoms with Crippen molar-refractivity contribution < 1.29 is 24.1 Å². The van der Waals surface area contributed by atoms with E-state index in [0.717, 1.165) is 5.56 Å². The van der Waals surface area contributed by atoms with Gasteiger partial charge in [-0.25, -0.2) is 4.39 Å². The fourth-order valence-electron chi connectivity index (χ4n) is 4.73. The number of aromatic nitrogens is 1. The molecule has 40 heavy (non-hydrogen) atoms. The lowest BCUT2D eigenvalue weighted by Crippen LogP contribution is -2.26. The van der Waals surface area contributed by atoms with Gasteiger partial charge in [0.25, 0.3) is 5.56 Å². The van der Waals surface area contributed by atoms with E-state index in [1.54, 1.807) is 30.3 Å². The van der Waals surface area contributed by atoms with Crippen molar-refractivity contribution in [2.45, 2.75) is 12.8 Å². The number of rotatable bonds is 10. The van der Waals surface area contributed by atoms with Gasteiger partial charge in [0, 0.05) is 47.5 Å². The summed E-state index contributed by atoms with van der Waals surface area (Å²) in [7, 11) is 0. The molecule has 0 radical (unpaired) electrons. The van der Waals surface area contributed by atoms with E-state index in [-0.39, 0.29) is 23.9 Å². The molecule has 1 saturated carbocycles. The van der Waals surface area contributed by atoms with Crippen molar-refractivity contribution in [3.05, 3.63) is 118 Å². The number of ether oxygens (including phenoxy) is 1. The largest absolute Gasteiger partial charge is 0.489 e. The minimum Gasteiger partial charge on any atom is -0.489 e. The normalized spacial score (nSPS) is 18.6. The Labute approximate surface area is 234 Å². The average molecular weight is 564 g/mol. The third kappa shape index (κ3) is 6.17. The highest BCUT2D eigenvalue weighted by molar-refractivity contribution is 6.30. The summed E-state index contributed by atoms with van der Waals surface area (Å²) in [5.41, 5.74) is 1.38. The Kier molecular flexibility index (Phi) is 8.16. The number of halogens is 2. The van der Waals surface area contributed by atoms with Crippen LogP contribution in [0.5, 0.6) is 5.75 Å². The second kappa shape index (κ2) is 11.9. The van der Waals surface area contributed by atoms with Gasteiger partial charge in [0.15, 0.2) is 0 Å². The smallest absolute Gasteiger partial charge is 0.258 e. The van der Waals surface area contributed by atoms with Crippen molar-refractivity contribution in [1.82, 2.24) is 4.57 Å². The molecular formula is C30H27ClFN3O5. The van der Waals surface area contributed by atoms with Crippen LogP contribution < -0.4 is 20.9 Å². The van der Waals surface area contributed by atoms with Crippen LogP contribution in [0, 0.1) is 23.6 Å². The molecule has 0 bridgehead atoms. The molecule has 1 amide bonds. The molecule has 1 aliphatic carbocycles. The summed E-state index contributed by atoms with van der Waals surface area (Å²) in [6, 6.07) is 23.2. The zero-order valence-electron chi connectivity index (χ0n) is 21.2. The van der Waals surface area contributed by atoms with Gasteiger partial charge in [-0.05, 0) is 48.0 Å². The Balaban J connectivity index is 1.22. The average Bonchev–Trinajstić information content (AvgIpc) is 3.70. The van der Waals surface area contributed by atoms with Gasteiger partial charge in [0.1, 0.15) is 24.4 Å². The monoisotopic (exact) mass is 563 g/mol. The molecule has 0 spiro atoms. The van der Waals surface area contributed by atoms with E-state index in [2.05, 4.69) is 10.6 Å². The van der Waals surface area contributed by atoms with Gasteiger partial charge in [-0.2, -0.15) is 0 Å². The molecule has 206 valence electrons. The number of aliphatic hydroxyl groups excluding tert-OH is 2. The van der Waals surface area contributed by atoms with E-state index in [9.17, 15) is 19.8 Å². The predicted octanol–water partition coefficient (Wildman–Crippen LogP) is 4.43. The van der Waals surface area contributed by atoms with E-state index < -0.39 is 35.4 Å². The molecule has 4 aromatic rings. The summed E-state index contributed by atoms with van der Waals surface area (Å²) in [5.74, 6) is -2.44. The van der Waals surface area contributed by atoms with E-state index in [1.165, 1.54) is 35.0 Å². The van der Waals surface area contributed by atoms with E-state index in [1.807, 2.05) is 30.3 Å². The molecule has 1 unspecified atom stereocenters. The maximum absolute atomic E-state index is 15.0. The Morgan fingerprint density at radius 1 is 1.05 bits per heavy atom. The van der Waals surface area contributed by atoms with Gasteiger partial charge in [0.05, 0.1) is 17.3 Å². The van der Waals surface area contributed by atoms with Crippen LogP contribution in [0.4, 0.5) is 15.8 Å². The summed E-state index contributed by atoms with van der Waals surface area (Å²) in [5, 5.41) is 26.4. The summed E-state index contributed by atoms with van der Waals surface area (Å²) >= 11 is 5.87. The van der Waals surface area contributed by atoms with Crippen LogP contribution >= 0.6 is 11.6 Å². The van der Waals surface area contributed by atoms with E-state index in [0.29, 0.717) is 23.1 Å². The SMILES string of the molecule is O=C(Nc1ccc(Cl)cc1)[C@H]1[C@H](CO)[C@H]1C(O)Nc1ccc(-n2ccc(OCc3ccccc3)cc2=O)cc1F. The zero-order valence-corrected chi connectivity index (χ0v) is 22.0. The first-order chi connectivity index (χ1) is 19.3. The molecule has 5 rings (SSSR count). The number of hydrogen-bond acceptors (Lipinski definition) is 6. The van der Waals surface area contributed by atoms with Crippen LogP contribution in [0.3, 0.4) is 0 Å². The van der Waals surface area contributed by atoms with Gasteiger partial charge >= 0.3 is 0 Å². The van der Waals surface area contributed by atoms with E-state index in [4.69, 9.17) is 16.3 Å². The molecule has 3 aromatic carbocycles. The number of carbonyl (C=O) groups is 1. The quantitative estimate of drug-likeness (QED) is 0.212. The Bertz CT molecular complexity index is 1550. The van der Waals surface area contributed by atoms with Gasteiger partial charge in [-0.1, -0.05) is 41.9 Å². The molecule has 10 heteroatoms. The predicted molar refractivity (Wildman–Crippen MR) is 150 cm³/mol. The fourth-order valence-corrected chi connectivity index (χ4v) is 4.85. The number of nitrogens with one attached hydrogen (secondary N) is 2. The van der Waals surface area contributed by atoms with Gasteiger partial charge in [-0.3, -0.25) is 14.2 Å². The number of pyridine rings is 1. The van der Waals surface area contributed by atoms with Crippen LogP contribution in [0.2, 0.25) is 5.02 Å². The molecule has 4 atom stereocenters. The molecule has 8 nitrogen and oxygen atoms in total. The third-order valence-electron chi connectivity index (χ3n) is 6.89. The highest BCUT2D eigenvalue weighted by Gasteiger charge is 2.58. The Hall–Kier alpha value is -4.18. The van der Waals surface area contributed by atoms with Gasteiger partial charge in [-0.15, -0.1) is 0 Å². The first-order valence-electron chi connectivity index (χ1n) is 12.7.